The lowest BCUT2D eigenvalue weighted by Gasteiger charge is -2.08. The van der Waals surface area contributed by atoms with Crippen LogP contribution in [0.1, 0.15) is 5.56 Å². The minimum Gasteiger partial charge on any atom is -0.392 e. The molecule has 0 saturated heterocycles. The van der Waals surface area contributed by atoms with E-state index in [1.165, 1.54) is 12.1 Å². The number of benzene rings is 1. The van der Waals surface area contributed by atoms with Gasteiger partial charge in [0.25, 0.3) is 0 Å². The van der Waals surface area contributed by atoms with Gasteiger partial charge in [0.1, 0.15) is 11.5 Å². The smallest absolute Gasteiger partial charge is 0.223 e. The van der Waals surface area contributed by atoms with Gasteiger partial charge in [-0.25, -0.2) is 19.3 Å². The van der Waals surface area contributed by atoms with Crippen molar-refractivity contribution in [3.8, 4) is 22.6 Å². The third-order valence-corrected chi connectivity index (χ3v) is 4.48. The van der Waals surface area contributed by atoms with Crippen molar-refractivity contribution in [1.29, 1.82) is 0 Å². The molecular weight excluding hydrogens is 373 g/mol. The van der Waals surface area contributed by atoms with Crippen LogP contribution in [-0.4, -0.2) is 44.7 Å². The van der Waals surface area contributed by atoms with Gasteiger partial charge in [0.15, 0.2) is 0 Å². The molecule has 4 rings (SSSR count). The average Bonchev–Trinajstić information content (AvgIpc) is 3.13. The number of hydrogen-bond acceptors (Lipinski definition) is 6. The molecular formula is C21H20FN5O2. The predicted octanol–water partition coefficient (Wildman–Crippen LogP) is 3.15. The van der Waals surface area contributed by atoms with Gasteiger partial charge in [-0.15, -0.1) is 0 Å². The number of aliphatic hydroxyl groups excluding tert-OH is 1. The van der Waals surface area contributed by atoms with Crippen molar-refractivity contribution in [2.45, 2.75) is 6.61 Å². The van der Waals surface area contributed by atoms with E-state index in [9.17, 15) is 9.50 Å². The molecule has 0 unspecified atom stereocenters. The zero-order valence-corrected chi connectivity index (χ0v) is 15.8. The molecule has 0 spiro atoms. The molecule has 0 atom stereocenters. The molecule has 0 aliphatic rings. The molecule has 0 saturated carbocycles. The van der Waals surface area contributed by atoms with E-state index in [4.69, 9.17) is 9.72 Å². The first-order valence-electron chi connectivity index (χ1n) is 9.13. The number of nitrogens with zero attached hydrogens (tertiary/aromatic N) is 4. The van der Waals surface area contributed by atoms with Crippen LogP contribution in [-0.2, 0) is 11.3 Å². The van der Waals surface area contributed by atoms with Crippen LogP contribution >= 0.6 is 0 Å². The summed E-state index contributed by atoms with van der Waals surface area (Å²) in [7, 11) is 1.63. The summed E-state index contributed by atoms with van der Waals surface area (Å²) < 4.78 is 20.4. The standard InChI is InChI=1S/C21H20FN5O2/c1-29-11-9-24-21-23-8-6-17(25-21)20-19(15-2-4-16(22)5-3-15)26-18-12-14(13-28)7-10-27(18)20/h2-8,10,12,28H,9,11,13H2,1H3,(H,23,24,25). The molecule has 2 N–H and O–H groups in total. The van der Waals surface area contributed by atoms with Crippen LogP contribution in [0.2, 0.25) is 0 Å². The molecule has 4 aromatic rings. The molecule has 29 heavy (non-hydrogen) atoms. The lowest BCUT2D eigenvalue weighted by atomic mass is 10.1. The minimum absolute atomic E-state index is 0.0777. The van der Waals surface area contributed by atoms with E-state index < -0.39 is 0 Å². The monoisotopic (exact) mass is 393 g/mol. The van der Waals surface area contributed by atoms with Crippen LogP contribution in [0.25, 0.3) is 28.3 Å². The number of halogens is 1. The Bertz CT molecular complexity index is 1130. The molecule has 0 aliphatic carbocycles. The van der Waals surface area contributed by atoms with Gasteiger partial charge in [-0.05, 0) is 48.0 Å². The Morgan fingerprint density at radius 3 is 2.72 bits per heavy atom. The highest BCUT2D eigenvalue weighted by atomic mass is 19.1. The second-order valence-corrected chi connectivity index (χ2v) is 6.42. The van der Waals surface area contributed by atoms with Crippen LogP contribution in [0.5, 0.6) is 0 Å². The highest BCUT2D eigenvalue weighted by Crippen LogP contribution is 2.32. The van der Waals surface area contributed by atoms with E-state index in [0.29, 0.717) is 36.1 Å². The first-order valence-corrected chi connectivity index (χ1v) is 9.13. The number of methoxy groups -OCH3 is 1. The lowest BCUT2D eigenvalue weighted by molar-refractivity contribution is 0.210. The van der Waals surface area contributed by atoms with E-state index in [2.05, 4.69) is 15.3 Å². The summed E-state index contributed by atoms with van der Waals surface area (Å²) in [6, 6.07) is 11.6. The van der Waals surface area contributed by atoms with Gasteiger partial charge in [-0.3, -0.25) is 4.40 Å². The number of nitrogens with one attached hydrogen (secondary N) is 1. The topological polar surface area (TPSA) is 84.6 Å². The van der Waals surface area contributed by atoms with Crippen molar-refractivity contribution in [2.24, 2.45) is 0 Å². The third-order valence-electron chi connectivity index (χ3n) is 4.48. The molecule has 8 heteroatoms. The Morgan fingerprint density at radius 2 is 1.97 bits per heavy atom. The average molecular weight is 393 g/mol. The summed E-state index contributed by atoms with van der Waals surface area (Å²) in [5.41, 5.74) is 4.28. The van der Waals surface area contributed by atoms with Crippen LogP contribution in [0, 0.1) is 5.82 Å². The first-order chi connectivity index (χ1) is 14.2. The number of rotatable bonds is 7. The van der Waals surface area contributed by atoms with Crippen molar-refractivity contribution in [2.75, 3.05) is 25.6 Å². The van der Waals surface area contributed by atoms with Crippen molar-refractivity contribution in [1.82, 2.24) is 19.4 Å². The van der Waals surface area contributed by atoms with Gasteiger partial charge >= 0.3 is 0 Å². The van der Waals surface area contributed by atoms with E-state index >= 15 is 0 Å². The number of aromatic nitrogens is 4. The van der Waals surface area contributed by atoms with Gasteiger partial charge in [-0.2, -0.15) is 0 Å². The molecule has 0 amide bonds. The molecule has 148 valence electrons. The van der Waals surface area contributed by atoms with Gasteiger partial charge in [0, 0.05) is 31.6 Å². The number of fused-ring (bicyclic) bond motifs is 1. The van der Waals surface area contributed by atoms with E-state index in [1.807, 2.05) is 22.7 Å². The Hall–Kier alpha value is -3.36. The fraction of sp³-hybridized carbons (Fsp3) is 0.190. The summed E-state index contributed by atoms with van der Waals surface area (Å²) in [5.74, 6) is 0.167. The molecule has 0 bridgehead atoms. The Kier molecular flexibility index (Phi) is 5.46. The van der Waals surface area contributed by atoms with E-state index in [0.717, 1.165) is 16.8 Å². The maximum Gasteiger partial charge on any atom is 0.223 e. The molecule has 0 radical (unpaired) electrons. The molecule has 0 aliphatic heterocycles. The Labute approximate surface area is 166 Å². The second kappa shape index (κ2) is 8.34. The summed E-state index contributed by atoms with van der Waals surface area (Å²) in [6.45, 7) is 1.04. The highest BCUT2D eigenvalue weighted by Gasteiger charge is 2.18. The summed E-state index contributed by atoms with van der Waals surface area (Å²) in [5, 5.41) is 12.6. The minimum atomic E-state index is -0.312. The predicted molar refractivity (Wildman–Crippen MR) is 108 cm³/mol. The Morgan fingerprint density at radius 1 is 1.14 bits per heavy atom. The zero-order valence-electron chi connectivity index (χ0n) is 15.8. The molecule has 1 aromatic carbocycles. The number of ether oxygens (including phenoxy) is 1. The number of hydrogen-bond donors (Lipinski definition) is 2. The van der Waals surface area contributed by atoms with Crippen LogP contribution < -0.4 is 5.32 Å². The van der Waals surface area contributed by atoms with E-state index in [-0.39, 0.29) is 12.4 Å². The fourth-order valence-corrected chi connectivity index (χ4v) is 3.08. The van der Waals surface area contributed by atoms with Crippen molar-refractivity contribution >= 4 is 11.6 Å². The molecule has 3 heterocycles. The van der Waals surface area contributed by atoms with Crippen LogP contribution in [0.4, 0.5) is 10.3 Å². The zero-order chi connectivity index (χ0) is 20.2. The van der Waals surface area contributed by atoms with Crippen LogP contribution in [0.3, 0.4) is 0 Å². The SMILES string of the molecule is COCCNc1nccc(-c2c(-c3ccc(F)cc3)nc3cc(CO)ccn23)n1. The lowest BCUT2D eigenvalue weighted by Crippen LogP contribution is -2.10. The maximum atomic E-state index is 13.4. The van der Waals surface area contributed by atoms with Gasteiger partial charge < -0.3 is 15.2 Å². The van der Waals surface area contributed by atoms with E-state index in [1.54, 1.807) is 31.5 Å². The quantitative estimate of drug-likeness (QED) is 0.469. The molecule has 7 nitrogen and oxygen atoms in total. The Balaban J connectivity index is 1.86. The van der Waals surface area contributed by atoms with Gasteiger partial charge in [0.05, 0.1) is 30.3 Å². The number of pyridine rings is 1. The fourth-order valence-electron chi connectivity index (χ4n) is 3.08. The number of imidazole rings is 1. The summed E-state index contributed by atoms with van der Waals surface area (Å²) >= 11 is 0. The maximum absolute atomic E-state index is 13.4. The van der Waals surface area contributed by atoms with Crippen molar-refractivity contribution in [3.05, 3.63) is 66.2 Å². The normalized spacial score (nSPS) is 11.1. The largest absolute Gasteiger partial charge is 0.392 e. The number of aliphatic hydroxyl groups is 1. The van der Waals surface area contributed by atoms with Gasteiger partial charge in [-0.1, -0.05) is 0 Å². The summed E-state index contributed by atoms with van der Waals surface area (Å²) in [6.07, 6.45) is 3.52. The van der Waals surface area contributed by atoms with Gasteiger partial charge in [0.2, 0.25) is 5.95 Å². The summed E-state index contributed by atoms with van der Waals surface area (Å²) in [4.78, 5) is 13.6. The van der Waals surface area contributed by atoms with Crippen molar-refractivity contribution < 1.29 is 14.2 Å². The number of anilines is 1. The second-order valence-electron chi connectivity index (χ2n) is 6.42. The van der Waals surface area contributed by atoms with Crippen molar-refractivity contribution in [3.63, 3.8) is 0 Å². The first kappa shape index (κ1) is 19.0. The molecule has 3 aromatic heterocycles. The molecule has 0 fully saturated rings. The third kappa shape index (κ3) is 3.94. The highest BCUT2D eigenvalue weighted by molar-refractivity contribution is 5.80. The van der Waals surface area contributed by atoms with Crippen LogP contribution in [0.15, 0.2) is 54.9 Å².